The first kappa shape index (κ1) is 21.0. The molecule has 1 amide bonds. The highest BCUT2D eigenvalue weighted by Gasteiger charge is 2.25. The lowest BCUT2D eigenvalue weighted by Gasteiger charge is -2.26. The molecule has 1 fully saturated rings. The summed E-state index contributed by atoms with van der Waals surface area (Å²) in [5, 5.41) is 3.93. The van der Waals surface area contributed by atoms with Crippen molar-refractivity contribution in [1.82, 2.24) is 9.55 Å². The number of hydrogen-bond acceptors (Lipinski definition) is 3. The third-order valence-electron chi connectivity index (χ3n) is 5.87. The summed E-state index contributed by atoms with van der Waals surface area (Å²) in [4.78, 5) is 17.7. The summed E-state index contributed by atoms with van der Waals surface area (Å²) in [6, 6.07) is 4.75. The van der Waals surface area contributed by atoms with E-state index < -0.39 is 0 Å². The maximum atomic E-state index is 12.9. The number of aromatic nitrogens is 2. The van der Waals surface area contributed by atoms with Gasteiger partial charge in [-0.3, -0.25) is 4.79 Å². The largest absolute Gasteiger partial charge is 0.325 e. The minimum atomic E-state index is -0.205. The number of hydrogen-bond donors (Lipinski definition) is 1. The lowest BCUT2D eigenvalue weighted by molar-refractivity contribution is -0.115. The van der Waals surface area contributed by atoms with Gasteiger partial charge in [-0.05, 0) is 65.5 Å². The monoisotopic (exact) mass is 399 g/mol. The van der Waals surface area contributed by atoms with Crippen molar-refractivity contribution in [3.63, 3.8) is 0 Å². The number of carbonyl (C=O) groups excluding carboxylic acids is 1. The second-order valence-corrected chi connectivity index (χ2v) is 9.56. The van der Waals surface area contributed by atoms with Crippen LogP contribution in [0, 0.1) is 34.6 Å². The van der Waals surface area contributed by atoms with Crippen LogP contribution in [0.3, 0.4) is 0 Å². The summed E-state index contributed by atoms with van der Waals surface area (Å²) < 4.78 is 2.39. The lowest BCUT2D eigenvalue weighted by atomic mass is 9.95. The topological polar surface area (TPSA) is 46.9 Å². The molecular weight excluding hydrogens is 366 g/mol. The zero-order valence-corrected chi connectivity index (χ0v) is 18.9. The van der Waals surface area contributed by atoms with E-state index in [0.29, 0.717) is 6.04 Å². The van der Waals surface area contributed by atoms with Crippen molar-refractivity contribution in [2.24, 2.45) is 0 Å². The molecule has 0 bridgehead atoms. The second kappa shape index (κ2) is 8.73. The molecule has 152 valence electrons. The first-order chi connectivity index (χ1) is 13.3. The van der Waals surface area contributed by atoms with Gasteiger partial charge in [0.05, 0.1) is 10.9 Å². The molecule has 0 radical (unpaired) electrons. The molecule has 1 aromatic carbocycles. The Kier molecular flexibility index (Phi) is 6.54. The van der Waals surface area contributed by atoms with E-state index in [9.17, 15) is 4.79 Å². The van der Waals surface area contributed by atoms with Crippen molar-refractivity contribution < 1.29 is 4.79 Å². The van der Waals surface area contributed by atoms with E-state index in [1.54, 1.807) is 11.8 Å². The van der Waals surface area contributed by atoms with Crippen LogP contribution in [0.15, 0.2) is 17.3 Å². The lowest BCUT2D eigenvalue weighted by Crippen LogP contribution is -2.24. The van der Waals surface area contributed by atoms with Crippen molar-refractivity contribution in [3.8, 4) is 0 Å². The fraction of sp³-hybridized carbons (Fsp3) is 0.565. The van der Waals surface area contributed by atoms with Gasteiger partial charge < -0.3 is 9.88 Å². The Hall–Kier alpha value is -1.75. The molecule has 4 nitrogen and oxygen atoms in total. The van der Waals surface area contributed by atoms with Crippen molar-refractivity contribution in [2.45, 2.75) is 90.1 Å². The maximum absolute atomic E-state index is 12.9. The first-order valence-electron chi connectivity index (χ1n) is 10.4. The molecule has 1 unspecified atom stereocenters. The Morgan fingerprint density at radius 3 is 2.32 bits per heavy atom. The van der Waals surface area contributed by atoms with Gasteiger partial charge in [-0.2, -0.15) is 0 Å². The van der Waals surface area contributed by atoms with Gasteiger partial charge in [-0.15, -0.1) is 0 Å². The van der Waals surface area contributed by atoms with E-state index in [1.807, 2.05) is 6.92 Å². The Labute approximate surface area is 173 Å². The van der Waals surface area contributed by atoms with Crippen molar-refractivity contribution in [1.29, 1.82) is 0 Å². The van der Waals surface area contributed by atoms with Crippen LogP contribution in [0.2, 0.25) is 0 Å². The smallest absolute Gasteiger partial charge is 0.237 e. The molecule has 0 saturated heterocycles. The SMILES string of the molecule is Cc1cc(C)c(NC(=O)C(C)Sc2nc(C)c(C)n2C2CCCCC2)c(C)c1. The van der Waals surface area contributed by atoms with Gasteiger partial charge in [0.2, 0.25) is 5.91 Å². The van der Waals surface area contributed by atoms with Gasteiger partial charge in [0.15, 0.2) is 5.16 Å². The predicted molar refractivity (Wildman–Crippen MR) is 118 cm³/mol. The molecule has 1 N–H and O–H groups in total. The van der Waals surface area contributed by atoms with Crippen LogP contribution < -0.4 is 5.32 Å². The van der Waals surface area contributed by atoms with Gasteiger partial charge in [0.1, 0.15) is 0 Å². The Balaban J connectivity index is 1.77. The number of rotatable bonds is 5. The number of imidazole rings is 1. The van der Waals surface area contributed by atoms with E-state index in [-0.39, 0.29) is 11.2 Å². The van der Waals surface area contributed by atoms with E-state index >= 15 is 0 Å². The van der Waals surface area contributed by atoms with Crippen LogP contribution in [0.4, 0.5) is 5.69 Å². The van der Waals surface area contributed by atoms with Crippen LogP contribution in [0.25, 0.3) is 0 Å². The fourth-order valence-electron chi connectivity index (χ4n) is 4.26. The molecule has 2 aromatic rings. The molecule has 1 aromatic heterocycles. The molecule has 1 aliphatic rings. The minimum absolute atomic E-state index is 0.0357. The van der Waals surface area contributed by atoms with Crippen molar-refractivity contribution in [2.75, 3.05) is 5.32 Å². The van der Waals surface area contributed by atoms with E-state index in [4.69, 9.17) is 4.98 Å². The quantitative estimate of drug-likeness (QED) is 0.623. The minimum Gasteiger partial charge on any atom is -0.325 e. The molecule has 0 spiro atoms. The van der Waals surface area contributed by atoms with Gasteiger partial charge in [-0.1, -0.05) is 48.7 Å². The van der Waals surface area contributed by atoms with Gasteiger partial charge in [-0.25, -0.2) is 4.98 Å². The van der Waals surface area contributed by atoms with Crippen LogP contribution in [-0.4, -0.2) is 20.7 Å². The highest BCUT2D eigenvalue weighted by atomic mass is 32.2. The third-order valence-corrected chi connectivity index (χ3v) is 6.94. The van der Waals surface area contributed by atoms with Crippen LogP contribution in [-0.2, 0) is 4.79 Å². The van der Waals surface area contributed by atoms with Crippen LogP contribution in [0.5, 0.6) is 0 Å². The maximum Gasteiger partial charge on any atom is 0.237 e. The average Bonchev–Trinajstić information content (AvgIpc) is 2.92. The number of thioether (sulfide) groups is 1. The number of carbonyl (C=O) groups is 1. The normalized spacial score (nSPS) is 16.2. The van der Waals surface area contributed by atoms with E-state index in [2.05, 4.69) is 56.6 Å². The van der Waals surface area contributed by atoms with Gasteiger partial charge in [0, 0.05) is 17.4 Å². The molecule has 1 atom stereocenters. The Morgan fingerprint density at radius 1 is 1.11 bits per heavy atom. The summed E-state index contributed by atoms with van der Waals surface area (Å²) in [5.74, 6) is 0.0357. The molecule has 28 heavy (non-hydrogen) atoms. The molecule has 1 saturated carbocycles. The standard InChI is InChI=1S/C23H33N3OS/c1-14-12-15(2)21(16(3)13-14)25-22(27)19(6)28-23-24-17(4)18(5)26(23)20-10-8-7-9-11-20/h12-13,19-20H,7-11H2,1-6H3,(H,25,27). The van der Waals surface area contributed by atoms with Crippen LogP contribution >= 0.6 is 11.8 Å². The van der Waals surface area contributed by atoms with Crippen molar-refractivity contribution >= 4 is 23.4 Å². The Morgan fingerprint density at radius 2 is 1.71 bits per heavy atom. The zero-order chi connectivity index (χ0) is 20.4. The molecule has 1 heterocycles. The number of amides is 1. The molecule has 1 aliphatic carbocycles. The van der Waals surface area contributed by atoms with Gasteiger partial charge >= 0.3 is 0 Å². The third kappa shape index (κ3) is 4.45. The highest BCUT2D eigenvalue weighted by Crippen LogP contribution is 2.35. The number of anilines is 1. The number of nitrogens with zero attached hydrogens (tertiary/aromatic N) is 2. The van der Waals surface area contributed by atoms with E-state index in [1.165, 1.54) is 43.4 Å². The number of aryl methyl sites for hydroxylation is 4. The summed E-state index contributed by atoms with van der Waals surface area (Å²) >= 11 is 1.58. The predicted octanol–water partition coefficient (Wildman–Crippen LogP) is 6.05. The second-order valence-electron chi connectivity index (χ2n) is 8.25. The number of nitrogens with one attached hydrogen (secondary N) is 1. The first-order valence-corrected chi connectivity index (χ1v) is 11.3. The Bertz CT molecular complexity index is 842. The zero-order valence-electron chi connectivity index (χ0n) is 18.1. The van der Waals surface area contributed by atoms with Gasteiger partial charge in [0.25, 0.3) is 0 Å². The highest BCUT2D eigenvalue weighted by molar-refractivity contribution is 8.00. The summed E-state index contributed by atoms with van der Waals surface area (Å²) in [6.45, 7) is 12.4. The summed E-state index contributed by atoms with van der Waals surface area (Å²) in [7, 11) is 0. The molecule has 5 heteroatoms. The average molecular weight is 400 g/mol. The molecule has 3 rings (SSSR count). The number of benzene rings is 1. The van der Waals surface area contributed by atoms with Crippen molar-refractivity contribution in [3.05, 3.63) is 40.2 Å². The van der Waals surface area contributed by atoms with Crippen LogP contribution in [0.1, 0.15) is 73.1 Å². The fourth-order valence-corrected chi connectivity index (χ4v) is 5.33. The molecule has 0 aliphatic heterocycles. The van der Waals surface area contributed by atoms with E-state index in [0.717, 1.165) is 27.7 Å². The summed E-state index contributed by atoms with van der Waals surface area (Å²) in [6.07, 6.45) is 6.33. The molecular formula is C23H33N3OS. The summed E-state index contributed by atoms with van der Waals surface area (Å²) in [5.41, 5.74) is 6.69.